The van der Waals surface area contributed by atoms with Crippen LogP contribution in [0, 0.1) is 0 Å². The standard InChI is InChI=1S/C7H13N3O/c1-4(2)10-7(8)6(11)5(3)9-10/h4,7H,8H2,1-3H3. The van der Waals surface area contributed by atoms with Crippen LogP contribution < -0.4 is 5.73 Å². The Morgan fingerprint density at radius 2 is 2.18 bits per heavy atom. The minimum atomic E-state index is -0.560. The molecule has 0 aromatic rings. The van der Waals surface area contributed by atoms with Crippen molar-refractivity contribution in [3.05, 3.63) is 0 Å². The number of nitrogens with two attached hydrogens (primary N) is 1. The van der Waals surface area contributed by atoms with Gasteiger partial charge in [0.1, 0.15) is 5.71 Å². The Morgan fingerprint density at radius 3 is 2.36 bits per heavy atom. The molecular formula is C7H13N3O. The van der Waals surface area contributed by atoms with Crippen LogP contribution in [0.4, 0.5) is 0 Å². The van der Waals surface area contributed by atoms with E-state index in [0.717, 1.165) is 0 Å². The molecule has 0 aliphatic carbocycles. The maximum absolute atomic E-state index is 11.1. The summed E-state index contributed by atoms with van der Waals surface area (Å²) in [5.74, 6) is -0.0706. The lowest BCUT2D eigenvalue weighted by Gasteiger charge is -2.22. The predicted octanol–water partition coefficient (Wildman–Crippen LogP) is -0.0598. The molecule has 2 N–H and O–H groups in total. The molecule has 0 spiro atoms. The van der Waals surface area contributed by atoms with E-state index in [0.29, 0.717) is 5.71 Å². The van der Waals surface area contributed by atoms with Gasteiger partial charge in [0, 0.05) is 6.04 Å². The maximum atomic E-state index is 11.1. The molecule has 1 aliphatic heterocycles. The molecule has 1 unspecified atom stereocenters. The van der Waals surface area contributed by atoms with Crippen molar-refractivity contribution >= 4 is 11.5 Å². The van der Waals surface area contributed by atoms with Crippen LogP contribution in [0.2, 0.25) is 0 Å². The van der Waals surface area contributed by atoms with Crippen molar-refractivity contribution in [2.45, 2.75) is 33.0 Å². The lowest BCUT2D eigenvalue weighted by Crippen LogP contribution is -2.44. The molecule has 0 aromatic heterocycles. The summed E-state index contributed by atoms with van der Waals surface area (Å²) in [5, 5.41) is 5.65. The second-order valence-corrected chi connectivity index (χ2v) is 2.97. The van der Waals surface area contributed by atoms with Gasteiger partial charge in [-0.15, -0.1) is 0 Å². The fourth-order valence-electron chi connectivity index (χ4n) is 1.06. The van der Waals surface area contributed by atoms with Gasteiger partial charge in [0.25, 0.3) is 0 Å². The fraction of sp³-hybridized carbons (Fsp3) is 0.714. The van der Waals surface area contributed by atoms with E-state index in [1.165, 1.54) is 0 Å². The molecule has 0 radical (unpaired) electrons. The number of hydrogen-bond acceptors (Lipinski definition) is 4. The number of rotatable bonds is 1. The first kappa shape index (κ1) is 8.20. The van der Waals surface area contributed by atoms with Crippen LogP contribution in [-0.4, -0.2) is 28.7 Å². The van der Waals surface area contributed by atoms with Gasteiger partial charge in [-0.1, -0.05) is 0 Å². The Hall–Kier alpha value is -0.900. The molecule has 1 rings (SSSR count). The molecular weight excluding hydrogens is 142 g/mol. The van der Waals surface area contributed by atoms with Crippen LogP contribution in [0.25, 0.3) is 0 Å². The van der Waals surface area contributed by atoms with Gasteiger partial charge in [-0.2, -0.15) is 5.10 Å². The second-order valence-electron chi connectivity index (χ2n) is 2.97. The molecule has 0 amide bonds. The highest BCUT2D eigenvalue weighted by Gasteiger charge is 2.31. The van der Waals surface area contributed by atoms with Gasteiger partial charge in [-0.05, 0) is 20.8 Å². The van der Waals surface area contributed by atoms with E-state index >= 15 is 0 Å². The molecule has 4 nitrogen and oxygen atoms in total. The number of Topliss-reactive ketones (excluding diaryl/α,β-unsaturated/α-hetero) is 1. The zero-order valence-corrected chi connectivity index (χ0v) is 7.03. The van der Waals surface area contributed by atoms with E-state index in [2.05, 4.69) is 5.10 Å². The topological polar surface area (TPSA) is 58.7 Å². The van der Waals surface area contributed by atoms with Crippen LogP contribution in [-0.2, 0) is 4.79 Å². The van der Waals surface area contributed by atoms with E-state index in [-0.39, 0.29) is 11.8 Å². The van der Waals surface area contributed by atoms with Gasteiger partial charge < -0.3 is 5.73 Å². The number of carbonyl (C=O) groups is 1. The molecule has 62 valence electrons. The highest BCUT2D eigenvalue weighted by Crippen LogP contribution is 2.10. The third-order valence-corrected chi connectivity index (χ3v) is 1.70. The largest absolute Gasteiger partial charge is 0.303 e. The molecule has 0 saturated heterocycles. The highest BCUT2D eigenvalue weighted by atomic mass is 16.1. The average Bonchev–Trinajstić information content (AvgIpc) is 2.17. The molecule has 0 saturated carbocycles. The van der Waals surface area contributed by atoms with E-state index < -0.39 is 6.17 Å². The van der Waals surface area contributed by atoms with E-state index in [1.807, 2.05) is 13.8 Å². The van der Waals surface area contributed by atoms with E-state index in [1.54, 1.807) is 11.9 Å². The third-order valence-electron chi connectivity index (χ3n) is 1.70. The molecule has 0 bridgehead atoms. The van der Waals surface area contributed by atoms with Crippen LogP contribution in [0.1, 0.15) is 20.8 Å². The summed E-state index contributed by atoms with van der Waals surface area (Å²) in [4.78, 5) is 11.1. The monoisotopic (exact) mass is 155 g/mol. The number of ketones is 1. The normalized spacial score (nSPS) is 24.8. The van der Waals surface area contributed by atoms with Gasteiger partial charge in [0.15, 0.2) is 6.17 Å². The quantitative estimate of drug-likeness (QED) is 0.577. The van der Waals surface area contributed by atoms with Crippen LogP contribution in [0.5, 0.6) is 0 Å². The smallest absolute Gasteiger partial charge is 0.216 e. The molecule has 1 atom stereocenters. The van der Waals surface area contributed by atoms with Crippen LogP contribution in [0.3, 0.4) is 0 Å². The first-order valence-electron chi connectivity index (χ1n) is 3.67. The SMILES string of the molecule is CC1=NN(C(C)C)C(N)C1=O. The molecule has 1 heterocycles. The van der Waals surface area contributed by atoms with Crippen molar-refractivity contribution in [1.29, 1.82) is 0 Å². The number of carbonyl (C=O) groups excluding carboxylic acids is 1. The summed E-state index contributed by atoms with van der Waals surface area (Å²) >= 11 is 0. The highest BCUT2D eigenvalue weighted by molar-refractivity contribution is 6.41. The zero-order chi connectivity index (χ0) is 8.59. The van der Waals surface area contributed by atoms with Gasteiger partial charge in [-0.25, -0.2) is 0 Å². The van der Waals surface area contributed by atoms with Crippen molar-refractivity contribution < 1.29 is 4.79 Å². The Labute approximate surface area is 66.0 Å². The van der Waals surface area contributed by atoms with Crippen molar-refractivity contribution in [3.63, 3.8) is 0 Å². The number of hydrogen-bond donors (Lipinski definition) is 1. The minimum absolute atomic E-state index is 0.0706. The second kappa shape index (κ2) is 2.62. The van der Waals surface area contributed by atoms with E-state index in [4.69, 9.17) is 5.73 Å². The van der Waals surface area contributed by atoms with Crippen LogP contribution in [0.15, 0.2) is 5.10 Å². The lowest BCUT2D eigenvalue weighted by atomic mass is 10.2. The first-order valence-corrected chi connectivity index (χ1v) is 3.67. The van der Waals surface area contributed by atoms with Crippen molar-refractivity contribution in [1.82, 2.24) is 5.01 Å². The van der Waals surface area contributed by atoms with Crippen molar-refractivity contribution in [2.24, 2.45) is 10.8 Å². The Balaban J connectivity index is 2.80. The predicted molar refractivity (Wildman–Crippen MR) is 43.1 cm³/mol. The minimum Gasteiger partial charge on any atom is -0.303 e. The van der Waals surface area contributed by atoms with Crippen molar-refractivity contribution in [3.8, 4) is 0 Å². The summed E-state index contributed by atoms with van der Waals surface area (Å²) in [5.41, 5.74) is 6.08. The van der Waals surface area contributed by atoms with Crippen LogP contribution >= 0.6 is 0 Å². The molecule has 11 heavy (non-hydrogen) atoms. The van der Waals surface area contributed by atoms with Gasteiger partial charge >= 0.3 is 0 Å². The van der Waals surface area contributed by atoms with Crippen molar-refractivity contribution in [2.75, 3.05) is 0 Å². The number of nitrogens with zero attached hydrogens (tertiary/aromatic N) is 2. The van der Waals surface area contributed by atoms with Gasteiger partial charge in [-0.3, -0.25) is 9.80 Å². The molecule has 0 aromatic carbocycles. The Bertz CT molecular complexity index is 210. The summed E-state index contributed by atoms with van der Waals surface area (Å²) in [6.07, 6.45) is -0.560. The summed E-state index contributed by atoms with van der Waals surface area (Å²) in [7, 11) is 0. The summed E-state index contributed by atoms with van der Waals surface area (Å²) in [6.45, 7) is 5.59. The maximum Gasteiger partial charge on any atom is 0.216 e. The van der Waals surface area contributed by atoms with E-state index in [9.17, 15) is 4.79 Å². The third kappa shape index (κ3) is 1.26. The Kier molecular flexibility index (Phi) is 1.95. The van der Waals surface area contributed by atoms with Gasteiger partial charge in [0.2, 0.25) is 5.78 Å². The molecule has 1 aliphatic rings. The first-order chi connectivity index (χ1) is 5.04. The zero-order valence-electron chi connectivity index (χ0n) is 7.03. The number of hydrazone groups is 1. The molecule has 4 heteroatoms. The molecule has 0 fully saturated rings. The van der Waals surface area contributed by atoms with Gasteiger partial charge in [0.05, 0.1) is 0 Å². The Morgan fingerprint density at radius 1 is 1.64 bits per heavy atom. The average molecular weight is 155 g/mol. The lowest BCUT2D eigenvalue weighted by molar-refractivity contribution is -0.116. The fourth-order valence-corrected chi connectivity index (χ4v) is 1.06. The summed E-state index contributed by atoms with van der Waals surface area (Å²) in [6, 6.07) is 0.186. The summed E-state index contributed by atoms with van der Waals surface area (Å²) < 4.78 is 0.